The molecule has 102 valence electrons. The number of carbonyl (C=O) groups excluding carboxylic acids is 1. The topological polar surface area (TPSA) is 44.9 Å². The van der Waals surface area contributed by atoms with E-state index in [1.54, 1.807) is 12.1 Å². The van der Waals surface area contributed by atoms with Crippen molar-refractivity contribution in [1.82, 2.24) is 4.98 Å². The zero-order valence-corrected chi connectivity index (χ0v) is 11.6. The van der Waals surface area contributed by atoms with Crippen molar-refractivity contribution < 1.29 is 9.18 Å². The summed E-state index contributed by atoms with van der Waals surface area (Å²) in [6.45, 7) is 6.03. The highest BCUT2D eigenvalue weighted by Gasteiger charge is 2.25. The minimum atomic E-state index is -0.346. The van der Waals surface area contributed by atoms with Crippen LogP contribution in [0.3, 0.4) is 0 Å². The maximum absolute atomic E-state index is 13.4. The van der Waals surface area contributed by atoms with Gasteiger partial charge in [-0.3, -0.25) is 4.79 Å². The first-order valence-electron chi connectivity index (χ1n) is 6.46. The molecule has 1 aromatic heterocycles. The second kappa shape index (κ2) is 4.34. The van der Waals surface area contributed by atoms with Gasteiger partial charge < -0.3 is 10.3 Å². The number of aromatic nitrogens is 1. The van der Waals surface area contributed by atoms with E-state index in [1.165, 1.54) is 17.7 Å². The second-order valence-corrected chi connectivity index (χ2v) is 5.12. The van der Waals surface area contributed by atoms with Gasteiger partial charge in [-0.1, -0.05) is 0 Å². The number of anilines is 1. The number of hydrogen-bond acceptors (Lipinski definition) is 1. The van der Waals surface area contributed by atoms with Gasteiger partial charge in [0.25, 0.3) is 5.91 Å². The molecule has 3 nitrogen and oxygen atoms in total. The molecule has 0 radical (unpaired) electrons. The van der Waals surface area contributed by atoms with Crippen LogP contribution >= 0.6 is 0 Å². The monoisotopic (exact) mass is 270 g/mol. The zero-order valence-electron chi connectivity index (χ0n) is 11.6. The molecular weight excluding hydrogens is 255 g/mol. The van der Waals surface area contributed by atoms with Crippen LogP contribution in [0.25, 0.3) is 11.6 Å². The van der Waals surface area contributed by atoms with E-state index >= 15 is 0 Å². The molecule has 4 heteroatoms. The summed E-state index contributed by atoms with van der Waals surface area (Å²) in [5.41, 5.74) is 6.00. The van der Waals surface area contributed by atoms with Crippen molar-refractivity contribution in [3.05, 3.63) is 52.1 Å². The third-order valence-corrected chi connectivity index (χ3v) is 3.90. The number of H-pyrrole nitrogens is 1. The number of nitrogens with one attached hydrogen (secondary N) is 2. The van der Waals surface area contributed by atoms with E-state index in [-0.39, 0.29) is 11.7 Å². The highest BCUT2D eigenvalue weighted by atomic mass is 19.1. The average molecular weight is 270 g/mol. The van der Waals surface area contributed by atoms with Gasteiger partial charge in [0.1, 0.15) is 5.82 Å². The van der Waals surface area contributed by atoms with Gasteiger partial charge >= 0.3 is 0 Å². The van der Waals surface area contributed by atoms with Crippen molar-refractivity contribution in [3.8, 4) is 0 Å². The van der Waals surface area contributed by atoms with Crippen molar-refractivity contribution in [2.75, 3.05) is 5.32 Å². The van der Waals surface area contributed by atoms with Gasteiger partial charge in [0.2, 0.25) is 0 Å². The number of halogens is 1. The number of aryl methyl sites for hydroxylation is 1. The van der Waals surface area contributed by atoms with E-state index in [0.29, 0.717) is 16.8 Å². The largest absolute Gasteiger partial charge is 0.359 e. The molecule has 0 spiro atoms. The van der Waals surface area contributed by atoms with Gasteiger partial charge in [0, 0.05) is 22.6 Å². The van der Waals surface area contributed by atoms with Crippen molar-refractivity contribution in [3.63, 3.8) is 0 Å². The Morgan fingerprint density at radius 2 is 1.90 bits per heavy atom. The normalized spacial score (nSPS) is 15.6. The molecule has 20 heavy (non-hydrogen) atoms. The standard InChI is InChI=1S/C16H15FN2O/c1-8-9(2)15(18-10(8)3)7-13-12-6-11(17)4-5-14(12)19-16(13)20/h4-7,18H,1-3H3,(H,19,20). The summed E-state index contributed by atoms with van der Waals surface area (Å²) >= 11 is 0. The van der Waals surface area contributed by atoms with E-state index in [1.807, 2.05) is 20.8 Å². The highest BCUT2D eigenvalue weighted by Crippen LogP contribution is 2.34. The Morgan fingerprint density at radius 1 is 1.15 bits per heavy atom. The molecule has 0 atom stereocenters. The lowest BCUT2D eigenvalue weighted by atomic mass is 10.0. The predicted molar refractivity (Wildman–Crippen MR) is 77.9 cm³/mol. The van der Waals surface area contributed by atoms with Crippen LogP contribution < -0.4 is 5.32 Å². The first-order chi connectivity index (χ1) is 9.47. The molecule has 1 aliphatic rings. The minimum Gasteiger partial charge on any atom is -0.359 e. The van der Waals surface area contributed by atoms with Gasteiger partial charge in [-0.2, -0.15) is 0 Å². The molecular formula is C16H15FN2O. The summed E-state index contributed by atoms with van der Waals surface area (Å²) in [7, 11) is 0. The summed E-state index contributed by atoms with van der Waals surface area (Å²) in [5.74, 6) is -0.545. The lowest BCUT2D eigenvalue weighted by molar-refractivity contribution is -0.110. The Balaban J connectivity index is 2.15. The lowest BCUT2D eigenvalue weighted by Crippen LogP contribution is -2.03. The van der Waals surface area contributed by atoms with Crippen molar-refractivity contribution >= 4 is 23.2 Å². The van der Waals surface area contributed by atoms with E-state index in [4.69, 9.17) is 0 Å². The smallest absolute Gasteiger partial charge is 0.256 e. The Labute approximate surface area is 116 Å². The van der Waals surface area contributed by atoms with Gasteiger partial charge in [0.15, 0.2) is 0 Å². The Hall–Kier alpha value is -2.36. The molecule has 2 aromatic rings. The van der Waals surface area contributed by atoms with Crippen molar-refractivity contribution in [1.29, 1.82) is 0 Å². The number of hydrogen-bond donors (Lipinski definition) is 2. The molecule has 1 aliphatic heterocycles. The second-order valence-electron chi connectivity index (χ2n) is 5.12. The predicted octanol–water partition coefficient (Wildman–Crippen LogP) is 3.57. The van der Waals surface area contributed by atoms with E-state index in [9.17, 15) is 9.18 Å². The fourth-order valence-corrected chi connectivity index (χ4v) is 2.47. The molecule has 0 unspecified atom stereocenters. The quantitative estimate of drug-likeness (QED) is 0.764. The summed E-state index contributed by atoms with van der Waals surface area (Å²) in [5, 5.41) is 2.75. The fraction of sp³-hybridized carbons (Fsp3) is 0.188. The van der Waals surface area contributed by atoms with Crippen LogP contribution in [-0.2, 0) is 4.79 Å². The van der Waals surface area contributed by atoms with E-state index < -0.39 is 0 Å². The summed E-state index contributed by atoms with van der Waals surface area (Å²) < 4.78 is 13.4. The number of fused-ring (bicyclic) bond motifs is 1. The maximum Gasteiger partial charge on any atom is 0.256 e. The molecule has 0 fully saturated rings. The summed E-state index contributed by atoms with van der Waals surface area (Å²) in [6, 6.07) is 4.31. The first-order valence-corrected chi connectivity index (χ1v) is 6.46. The van der Waals surface area contributed by atoms with E-state index in [2.05, 4.69) is 10.3 Å². The molecule has 1 amide bonds. The molecule has 0 bridgehead atoms. The maximum atomic E-state index is 13.4. The molecule has 0 aliphatic carbocycles. The van der Waals surface area contributed by atoms with Crippen LogP contribution in [0.15, 0.2) is 18.2 Å². The molecule has 3 rings (SSSR count). The van der Waals surface area contributed by atoms with Gasteiger partial charge in [0.05, 0.1) is 5.57 Å². The third-order valence-electron chi connectivity index (χ3n) is 3.90. The number of rotatable bonds is 1. The Bertz CT molecular complexity index is 756. The Morgan fingerprint density at radius 3 is 2.55 bits per heavy atom. The molecule has 1 aromatic carbocycles. The summed E-state index contributed by atoms with van der Waals surface area (Å²) in [4.78, 5) is 15.3. The molecule has 0 saturated heterocycles. The van der Waals surface area contributed by atoms with Crippen molar-refractivity contribution in [2.24, 2.45) is 0 Å². The lowest BCUT2D eigenvalue weighted by Gasteiger charge is -1.99. The Kier molecular flexibility index (Phi) is 2.74. The fourth-order valence-electron chi connectivity index (χ4n) is 2.47. The summed E-state index contributed by atoms with van der Waals surface area (Å²) in [6.07, 6.45) is 1.79. The van der Waals surface area contributed by atoms with Crippen LogP contribution in [0.1, 0.15) is 28.1 Å². The van der Waals surface area contributed by atoms with Crippen LogP contribution in [0.5, 0.6) is 0 Å². The number of carbonyl (C=O) groups is 1. The third kappa shape index (κ3) is 1.84. The van der Waals surface area contributed by atoms with Crippen LogP contribution in [-0.4, -0.2) is 10.9 Å². The molecule has 2 N–H and O–H groups in total. The number of benzene rings is 1. The first kappa shape index (κ1) is 12.7. The molecule has 0 saturated carbocycles. The van der Waals surface area contributed by atoms with Gasteiger partial charge in [-0.15, -0.1) is 0 Å². The zero-order chi connectivity index (χ0) is 14.4. The SMILES string of the molecule is Cc1[nH]c(C=C2C(=O)Nc3ccc(F)cc32)c(C)c1C. The van der Waals surface area contributed by atoms with Gasteiger partial charge in [-0.25, -0.2) is 4.39 Å². The average Bonchev–Trinajstić information content (AvgIpc) is 2.83. The molecule has 2 heterocycles. The van der Waals surface area contributed by atoms with Gasteiger partial charge in [-0.05, 0) is 56.2 Å². The number of amides is 1. The van der Waals surface area contributed by atoms with Crippen molar-refractivity contribution in [2.45, 2.75) is 20.8 Å². The minimum absolute atomic E-state index is 0.199. The number of aromatic amines is 1. The van der Waals surface area contributed by atoms with Crippen LogP contribution in [0.4, 0.5) is 10.1 Å². The van der Waals surface area contributed by atoms with E-state index in [0.717, 1.165) is 17.0 Å². The van der Waals surface area contributed by atoms with Crippen LogP contribution in [0.2, 0.25) is 0 Å². The highest BCUT2D eigenvalue weighted by molar-refractivity contribution is 6.34. The van der Waals surface area contributed by atoms with Crippen LogP contribution in [0, 0.1) is 26.6 Å².